The molecular formula is C18H23BrN2S. The Morgan fingerprint density at radius 2 is 1.36 bits per heavy atom. The van der Waals surface area contributed by atoms with Crippen LogP contribution in [-0.2, 0) is 0 Å². The molecule has 2 aromatic rings. The van der Waals surface area contributed by atoms with Crippen molar-refractivity contribution in [3.8, 4) is 0 Å². The summed E-state index contributed by atoms with van der Waals surface area (Å²) in [6, 6.07) is 18.0. The van der Waals surface area contributed by atoms with E-state index in [9.17, 15) is 0 Å². The van der Waals surface area contributed by atoms with Gasteiger partial charge in [-0.1, -0.05) is 36.0 Å². The van der Waals surface area contributed by atoms with Gasteiger partial charge in [0.2, 0.25) is 0 Å². The van der Waals surface area contributed by atoms with Crippen LogP contribution in [0.5, 0.6) is 0 Å². The largest absolute Gasteiger partial charge is 1.00 e. The third-order valence-electron chi connectivity index (χ3n) is 4.30. The second-order valence-corrected chi connectivity index (χ2v) is 7.70. The summed E-state index contributed by atoms with van der Waals surface area (Å²) in [7, 11) is 6.80. The van der Waals surface area contributed by atoms with Crippen LogP contribution >= 0.6 is 11.8 Å². The first-order chi connectivity index (χ1) is 9.97. The molecule has 0 saturated heterocycles. The predicted molar refractivity (Wildman–Crippen MR) is 91.5 cm³/mol. The van der Waals surface area contributed by atoms with Gasteiger partial charge in [-0.15, -0.1) is 0 Å². The van der Waals surface area contributed by atoms with Gasteiger partial charge < -0.3 is 26.4 Å². The fraction of sp³-hybridized carbons (Fsp3) is 0.333. The van der Waals surface area contributed by atoms with E-state index in [4.69, 9.17) is 0 Å². The lowest BCUT2D eigenvalue weighted by atomic mass is 10.1. The van der Waals surface area contributed by atoms with E-state index in [2.05, 4.69) is 81.5 Å². The standard InChI is InChI=1S/C18H23N2S.BrH/c1-14(20(2,3)4)13-19-15-9-5-7-11-17(15)21-18-12-8-6-10-16(18)19;/h5-12,14H,13H2,1-4H3;1H/q+1;/p-1. The van der Waals surface area contributed by atoms with E-state index in [1.165, 1.54) is 21.2 Å². The molecule has 1 atom stereocenters. The fourth-order valence-corrected chi connectivity index (χ4v) is 3.58. The van der Waals surface area contributed by atoms with E-state index >= 15 is 0 Å². The lowest BCUT2D eigenvalue weighted by Gasteiger charge is -2.39. The summed E-state index contributed by atoms with van der Waals surface area (Å²) in [5.41, 5.74) is 2.67. The number of fused-ring (bicyclic) bond motifs is 2. The molecule has 0 saturated carbocycles. The molecule has 1 heterocycles. The minimum Gasteiger partial charge on any atom is -1.00 e. The number of rotatable bonds is 3. The Balaban J connectivity index is 0.00000176. The molecule has 1 aliphatic rings. The van der Waals surface area contributed by atoms with Crippen LogP contribution in [0.25, 0.3) is 0 Å². The maximum Gasteiger partial charge on any atom is 0.104 e. The first-order valence-electron chi connectivity index (χ1n) is 7.41. The number of likely N-dealkylation sites (N-methyl/N-ethyl adjacent to an activating group) is 1. The van der Waals surface area contributed by atoms with Gasteiger partial charge in [-0.2, -0.15) is 0 Å². The molecule has 0 amide bonds. The van der Waals surface area contributed by atoms with Crippen molar-refractivity contribution >= 4 is 23.1 Å². The Labute approximate surface area is 148 Å². The van der Waals surface area contributed by atoms with Crippen LogP contribution in [0.4, 0.5) is 11.4 Å². The molecule has 1 aliphatic heterocycles. The number of hydrogen-bond donors (Lipinski definition) is 0. The molecule has 4 heteroatoms. The van der Waals surface area contributed by atoms with Crippen LogP contribution in [-0.4, -0.2) is 38.2 Å². The van der Waals surface area contributed by atoms with Gasteiger partial charge in [0.1, 0.15) is 6.04 Å². The zero-order chi connectivity index (χ0) is 15.0. The number of halogens is 1. The first kappa shape index (κ1) is 17.4. The molecule has 0 aromatic heterocycles. The lowest BCUT2D eigenvalue weighted by Crippen LogP contribution is -3.00. The molecule has 118 valence electrons. The quantitative estimate of drug-likeness (QED) is 0.742. The van der Waals surface area contributed by atoms with Crippen LogP contribution in [0.15, 0.2) is 58.3 Å². The summed E-state index contributed by atoms with van der Waals surface area (Å²) in [5, 5.41) is 0. The van der Waals surface area contributed by atoms with Crippen LogP contribution in [0, 0.1) is 0 Å². The van der Waals surface area contributed by atoms with Crippen LogP contribution < -0.4 is 21.9 Å². The first-order valence-corrected chi connectivity index (χ1v) is 8.23. The average molecular weight is 379 g/mol. The molecular weight excluding hydrogens is 356 g/mol. The topological polar surface area (TPSA) is 3.24 Å². The van der Waals surface area contributed by atoms with Crippen LogP contribution in [0.1, 0.15) is 6.92 Å². The SMILES string of the molecule is CC(CN1c2ccccc2Sc2ccccc21)[N+](C)(C)C.[Br-]. The zero-order valence-corrected chi connectivity index (χ0v) is 16.0. The number of quaternary nitrogens is 1. The van der Waals surface area contributed by atoms with Crippen LogP contribution in [0.2, 0.25) is 0 Å². The molecule has 0 N–H and O–H groups in total. The highest BCUT2D eigenvalue weighted by molar-refractivity contribution is 7.99. The van der Waals surface area contributed by atoms with Gasteiger partial charge in [0.25, 0.3) is 0 Å². The number of hydrogen-bond acceptors (Lipinski definition) is 2. The highest BCUT2D eigenvalue weighted by Gasteiger charge is 2.28. The van der Waals surface area contributed by atoms with E-state index in [0.717, 1.165) is 11.0 Å². The Bertz CT molecular complexity index is 606. The van der Waals surface area contributed by atoms with Crippen molar-refractivity contribution in [2.24, 2.45) is 0 Å². The smallest absolute Gasteiger partial charge is 0.104 e. The Morgan fingerprint density at radius 1 is 0.909 bits per heavy atom. The third-order valence-corrected chi connectivity index (χ3v) is 5.43. The molecule has 2 nitrogen and oxygen atoms in total. The fourth-order valence-electron chi connectivity index (χ4n) is 2.49. The van der Waals surface area contributed by atoms with Crippen molar-refractivity contribution in [1.29, 1.82) is 0 Å². The van der Waals surface area contributed by atoms with Crippen molar-refractivity contribution in [2.45, 2.75) is 22.8 Å². The van der Waals surface area contributed by atoms with Crippen LogP contribution in [0.3, 0.4) is 0 Å². The molecule has 0 spiro atoms. The van der Waals surface area contributed by atoms with E-state index < -0.39 is 0 Å². The van der Waals surface area contributed by atoms with Crippen molar-refractivity contribution in [1.82, 2.24) is 0 Å². The normalized spacial score (nSPS) is 14.6. The van der Waals surface area contributed by atoms with Gasteiger partial charge >= 0.3 is 0 Å². The average Bonchev–Trinajstić information content (AvgIpc) is 2.46. The summed E-state index contributed by atoms with van der Waals surface area (Å²) >= 11 is 1.87. The third kappa shape index (κ3) is 3.34. The minimum absolute atomic E-state index is 0. The molecule has 2 aromatic carbocycles. The van der Waals surface area contributed by atoms with Gasteiger partial charge in [0.15, 0.2) is 0 Å². The van der Waals surface area contributed by atoms with Gasteiger partial charge in [-0.05, 0) is 31.2 Å². The van der Waals surface area contributed by atoms with Gasteiger partial charge in [-0.25, -0.2) is 0 Å². The summed E-state index contributed by atoms with van der Waals surface area (Å²) in [5.74, 6) is 0. The predicted octanol–water partition coefficient (Wildman–Crippen LogP) is 1.39. The van der Waals surface area contributed by atoms with Crippen molar-refractivity contribution in [3.63, 3.8) is 0 Å². The molecule has 0 bridgehead atoms. The highest BCUT2D eigenvalue weighted by atomic mass is 79.9. The number of benzene rings is 2. The van der Waals surface area contributed by atoms with Crippen molar-refractivity contribution in [3.05, 3.63) is 48.5 Å². The van der Waals surface area contributed by atoms with Gasteiger partial charge in [-0.3, -0.25) is 0 Å². The van der Waals surface area contributed by atoms with Crippen molar-refractivity contribution < 1.29 is 21.5 Å². The Hall–Kier alpha value is -0.970. The molecule has 3 rings (SSSR count). The maximum absolute atomic E-state index is 2.48. The molecule has 0 radical (unpaired) electrons. The van der Waals surface area contributed by atoms with Gasteiger partial charge in [0.05, 0.1) is 39.1 Å². The second-order valence-electron chi connectivity index (χ2n) is 6.61. The van der Waals surface area contributed by atoms with Gasteiger partial charge in [0, 0.05) is 9.79 Å². The Kier molecular flexibility index (Phi) is 5.25. The molecule has 22 heavy (non-hydrogen) atoms. The lowest BCUT2D eigenvalue weighted by molar-refractivity contribution is -0.892. The number of para-hydroxylation sites is 2. The molecule has 1 unspecified atom stereocenters. The number of nitrogens with zero attached hydrogens (tertiary/aromatic N) is 2. The highest BCUT2D eigenvalue weighted by Crippen LogP contribution is 2.47. The molecule has 0 aliphatic carbocycles. The van der Waals surface area contributed by atoms with E-state index in [0.29, 0.717) is 6.04 Å². The summed E-state index contributed by atoms with van der Waals surface area (Å²) in [6.45, 7) is 3.35. The van der Waals surface area contributed by atoms with E-state index in [1.807, 2.05) is 11.8 Å². The van der Waals surface area contributed by atoms with E-state index in [-0.39, 0.29) is 17.0 Å². The summed E-state index contributed by atoms with van der Waals surface area (Å²) in [6.07, 6.45) is 0. The van der Waals surface area contributed by atoms with Crippen molar-refractivity contribution in [2.75, 3.05) is 32.6 Å². The Morgan fingerprint density at radius 3 is 1.82 bits per heavy atom. The monoisotopic (exact) mass is 378 g/mol. The summed E-state index contributed by atoms with van der Waals surface area (Å²) in [4.78, 5) is 5.18. The summed E-state index contributed by atoms with van der Waals surface area (Å²) < 4.78 is 0.966. The number of anilines is 2. The maximum atomic E-state index is 2.48. The second kappa shape index (κ2) is 6.65. The molecule has 0 fully saturated rings. The van der Waals surface area contributed by atoms with E-state index in [1.54, 1.807) is 0 Å². The minimum atomic E-state index is 0. The zero-order valence-electron chi connectivity index (χ0n) is 13.6.